The number of rotatable bonds is 10. The summed E-state index contributed by atoms with van der Waals surface area (Å²) < 4.78 is 5.33. The van der Waals surface area contributed by atoms with Crippen LogP contribution in [0.25, 0.3) is 0 Å². The Bertz CT molecular complexity index is 287. The number of aryl methyl sites for hydroxylation is 1. The molecule has 0 fully saturated rings. The molecule has 0 radical (unpaired) electrons. The van der Waals surface area contributed by atoms with Gasteiger partial charge >= 0.3 is 0 Å². The van der Waals surface area contributed by atoms with Crippen molar-refractivity contribution in [3.8, 4) is 0 Å². The highest BCUT2D eigenvalue weighted by Crippen LogP contribution is 2.13. The maximum absolute atomic E-state index is 5.33. The Morgan fingerprint density at radius 1 is 1.33 bits per heavy atom. The van der Waals surface area contributed by atoms with Gasteiger partial charge in [-0.2, -0.15) is 11.3 Å². The van der Waals surface area contributed by atoms with Crippen LogP contribution in [0, 0.1) is 0 Å². The largest absolute Gasteiger partial charge is 0.382 e. The molecule has 2 atom stereocenters. The summed E-state index contributed by atoms with van der Waals surface area (Å²) in [5.74, 6) is 0. The van der Waals surface area contributed by atoms with Crippen molar-refractivity contribution in [2.45, 2.75) is 58.1 Å². The van der Waals surface area contributed by atoms with Crippen LogP contribution in [0.3, 0.4) is 0 Å². The Morgan fingerprint density at radius 2 is 2.17 bits per heavy atom. The number of ether oxygens (including phenoxy) is 1. The average Bonchev–Trinajstić information content (AvgIpc) is 2.90. The summed E-state index contributed by atoms with van der Waals surface area (Å²) in [6, 6.07) is 2.86. The van der Waals surface area contributed by atoms with E-state index >= 15 is 0 Å². The Labute approximate surface area is 116 Å². The lowest BCUT2D eigenvalue weighted by atomic mass is 10.0. The number of methoxy groups -OCH3 is 1. The van der Waals surface area contributed by atoms with Crippen LogP contribution in [0.4, 0.5) is 0 Å². The van der Waals surface area contributed by atoms with E-state index in [9.17, 15) is 0 Å². The van der Waals surface area contributed by atoms with Crippen molar-refractivity contribution >= 4 is 11.3 Å². The summed E-state index contributed by atoms with van der Waals surface area (Å²) in [6.45, 7) is 5.49. The molecule has 3 heteroatoms. The van der Waals surface area contributed by atoms with Gasteiger partial charge in [0.1, 0.15) is 0 Å². The first-order valence-corrected chi connectivity index (χ1v) is 7.97. The fraction of sp³-hybridized carbons (Fsp3) is 0.733. The van der Waals surface area contributed by atoms with E-state index in [2.05, 4.69) is 36.0 Å². The van der Waals surface area contributed by atoms with Crippen molar-refractivity contribution in [1.82, 2.24) is 5.32 Å². The zero-order valence-electron chi connectivity index (χ0n) is 11.9. The summed E-state index contributed by atoms with van der Waals surface area (Å²) in [6.07, 6.45) is 6.34. The molecule has 0 aliphatic carbocycles. The number of nitrogens with one attached hydrogen (secondary N) is 1. The monoisotopic (exact) mass is 269 g/mol. The van der Waals surface area contributed by atoms with E-state index in [1.54, 1.807) is 18.4 Å². The second-order valence-corrected chi connectivity index (χ2v) is 5.73. The zero-order chi connectivity index (χ0) is 13.2. The molecule has 1 N–H and O–H groups in total. The van der Waals surface area contributed by atoms with E-state index in [0.717, 1.165) is 13.0 Å². The van der Waals surface area contributed by atoms with Gasteiger partial charge in [0.15, 0.2) is 0 Å². The highest BCUT2D eigenvalue weighted by atomic mass is 32.1. The van der Waals surface area contributed by atoms with Crippen LogP contribution in [0.15, 0.2) is 16.8 Å². The first kappa shape index (κ1) is 15.7. The van der Waals surface area contributed by atoms with Gasteiger partial charge in [-0.05, 0) is 68.0 Å². The first-order chi connectivity index (χ1) is 8.76. The highest BCUT2D eigenvalue weighted by molar-refractivity contribution is 7.07. The molecule has 0 saturated heterocycles. The number of hydrogen-bond acceptors (Lipinski definition) is 3. The predicted molar refractivity (Wildman–Crippen MR) is 80.4 cm³/mol. The molecule has 2 unspecified atom stereocenters. The van der Waals surface area contributed by atoms with E-state index < -0.39 is 0 Å². The van der Waals surface area contributed by atoms with Crippen molar-refractivity contribution in [2.24, 2.45) is 0 Å². The molecule has 0 saturated carbocycles. The standard InChI is InChI=1S/C15H27NOS/c1-4-10-16-15(7-5-13(2)17-3)8-6-14-9-11-18-12-14/h9,11-13,15-16H,4-8,10H2,1-3H3. The summed E-state index contributed by atoms with van der Waals surface area (Å²) in [5, 5.41) is 8.08. The third-order valence-corrected chi connectivity index (χ3v) is 4.10. The molecule has 1 heterocycles. The van der Waals surface area contributed by atoms with E-state index in [1.807, 2.05) is 0 Å². The van der Waals surface area contributed by atoms with Gasteiger partial charge in [-0.25, -0.2) is 0 Å². The molecule has 0 amide bonds. The lowest BCUT2D eigenvalue weighted by molar-refractivity contribution is 0.105. The quantitative estimate of drug-likeness (QED) is 0.696. The third-order valence-electron chi connectivity index (χ3n) is 3.37. The predicted octanol–water partition coefficient (Wildman–Crippen LogP) is 3.86. The van der Waals surface area contributed by atoms with Gasteiger partial charge in [-0.3, -0.25) is 0 Å². The molecular weight excluding hydrogens is 242 g/mol. The topological polar surface area (TPSA) is 21.3 Å². The van der Waals surface area contributed by atoms with Crippen LogP contribution in [0.5, 0.6) is 0 Å². The average molecular weight is 269 g/mol. The third kappa shape index (κ3) is 6.53. The minimum Gasteiger partial charge on any atom is -0.382 e. The van der Waals surface area contributed by atoms with E-state index in [1.165, 1.54) is 31.2 Å². The molecule has 0 spiro atoms. The van der Waals surface area contributed by atoms with E-state index in [4.69, 9.17) is 4.74 Å². The second kappa shape index (κ2) is 9.54. The van der Waals surface area contributed by atoms with Gasteiger partial charge in [-0.15, -0.1) is 0 Å². The van der Waals surface area contributed by atoms with Crippen LogP contribution < -0.4 is 5.32 Å². The Morgan fingerprint density at radius 3 is 2.78 bits per heavy atom. The molecular formula is C15H27NOS. The van der Waals surface area contributed by atoms with Crippen molar-refractivity contribution < 1.29 is 4.74 Å². The molecule has 104 valence electrons. The smallest absolute Gasteiger partial charge is 0.0543 e. The summed E-state index contributed by atoms with van der Waals surface area (Å²) in [5.41, 5.74) is 1.48. The Balaban J connectivity index is 2.29. The molecule has 0 aromatic carbocycles. The van der Waals surface area contributed by atoms with Gasteiger partial charge in [0, 0.05) is 13.2 Å². The van der Waals surface area contributed by atoms with Crippen molar-refractivity contribution in [3.63, 3.8) is 0 Å². The van der Waals surface area contributed by atoms with Gasteiger partial charge in [0.2, 0.25) is 0 Å². The molecule has 18 heavy (non-hydrogen) atoms. The Kier molecular flexibility index (Phi) is 8.31. The van der Waals surface area contributed by atoms with Crippen LogP contribution in [-0.2, 0) is 11.2 Å². The van der Waals surface area contributed by atoms with Gasteiger partial charge in [0.05, 0.1) is 6.10 Å². The van der Waals surface area contributed by atoms with Crippen molar-refractivity contribution in [2.75, 3.05) is 13.7 Å². The zero-order valence-corrected chi connectivity index (χ0v) is 12.8. The highest BCUT2D eigenvalue weighted by Gasteiger charge is 2.10. The number of hydrogen-bond donors (Lipinski definition) is 1. The fourth-order valence-electron chi connectivity index (χ4n) is 2.03. The molecule has 0 aliphatic heterocycles. The van der Waals surface area contributed by atoms with Gasteiger partial charge < -0.3 is 10.1 Å². The molecule has 0 aliphatic rings. The number of thiophene rings is 1. The summed E-state index contributed by atoms with van der Waals surface area (Å²) >= 11 is 1.79. The van der Waals surface area contributed by atoms with Gasteiger partial charge in [0.25, 0.3) is 0 Å². The SMILES string of the molecule is CCCNC(CCc1ccsc1)CCC(C)OC. The normalized spacial score (nSPS) is 14.6. The van der Waals surface area contributed by atoms with E-state index in [-0.39, 0.29) is 0 Å². The fourth-order valence-corrected chi connectivity index (χ4v) is 2.73. The minimum absolute atomic E-state index is 0.372. The molecule has 1 aromatic rings. The van der Waals surface area contributed by atoms with Gasteiger partial charge in [-0.1, -0.05) is 6.92 Å². The van der Waals surface area contributed by atoms with Crippen LogP contribution in [0.1, 0.15) is 45.1 Å². The second-order valence-electron chi connectivity index (χ2n) is 4.94. The Hall–Kier alpha value is -0.380. The van der Waals surface area contributed by atoms with E-state index in [0.29, 0.717) is 12.1 Å². The van der Waals surface area contributed by atoms with Crippen LogP contribution in [-0.4, -0.2) is 25.8 Å². The minimum atomic E-state index is 0.372. The van der Waals surface area contributed by atoms with Crippen molar-refractivity contribution in [3.05, 3.63) is 22.4 Å². The maximum atomic E-state index is 5.33. The summed E-state index contributed by atoms with van der Waals surface area (Å²) in [7, 11) is 1.80. The maximum Gasteiger partial charge on any atom is 0.0543 e. The lowest BCUT2D eigenvalue weighted by Gasteiger charge is -2.20. The molecule has 2 nitrogen and oxygen atoms in total. The van der Waals surface area contributed by atoms with Crippen molar-refractivity contribution in [1.29, 1.82) is 0 Å². The molecule has 0 bridgehead atoms. The first-order valence-electron chi connectivity index (χ1n) is 7.03. The molecule has 1 rings (SSSR count). The summed E-state index contributed by atoms with van der Waals surface area (Å²) in [4.78, 5) is 0. The van der Waals surface area contributed by atoms with Crippen LogP contribution >= 0.6 is 11.3 Å². The lowest BCUT2D eigenvalue weighted by Crippen LogP contribution is -2.31. The van der Waals surface area contributed by atoms with Crippen LogP contribution in [0.2, 0.25) is 0 Å². The molecule has 1 aromatic heterocycles.